The Morgan fingerprint density at radius 1 is 1.33 bits per heavy atom. The minimum Gasteiger partial charge on any atom is -0.491 e. The van der Waals surface area contributed by atoms with Crippen LogP contribution < -0.4 is 15.8 Å². The highest BCUT2D eigenvalue weighted by molar-refractivity contribution is 5.68. The zero-order chi connectivity index (χ0) is 14.8. The van der Waals surface area contributed by atoms with Crippen LogP contribution in [0.4, 0.5) is 15.8 Å². The molecular weight excluding hydrogens is 267 g/mol. The second kappa shape index (κ2) is 5.64. The molecule has 2 aromatic rings. The first kappa shape index (κ1) is 13.7. The SMILES string of the molecule is CCOc1cc(NCC2Cc3ccccc32)c(N)cc1F. The molecule has 0 saturated carbocycles. The third-order valence-corrected chi connectivity index (χ3v) is 3.90. The lowest BCUT2D eigenvalue weighted by molar-refractivity contribution is 0.322. The molecule has 2 aromatic carbocycles. The van der Waals surface area contributed by atoms with E-state index < -0.39 is 5.82 Å². The van der Waals surface area contributed by atoms with Gasteiger partial charge in [0.25, 0.3) is 0 Å². The standard InChI is InChI=1S/C17H19FN2O/c1-2-21-17-9-16(15(19)8-14(17)18)20-10-12-7-11-5-3-4-6-13(11)12/h3-6,8-9,12,20H,2,7,10,19H2,1H3. The fourth-order valence-electron chi connectivity index (χ4n) is 2.77. The number of rotatable bonds is 5. The topological polar surface area (TPSA) is 47.3 Å². The fraction of sp³-hybridized carbons (Fsp3) is 0.294. The summed E-state index contributed by atoms with van der Waals surface area (Å²) < 4.78 is 18.9. The van der Waals surface area contributed by atoms with Gasteiger partial charge in [0.2, 0.25) is 0 Å². The van der Waals surface area contributed by atoms with Crippen LogP contribution in [0, 0.1) is 5.82 Å². The fourth-order valence-corrected chi connectivity index (χ4v) is 2.77. The Labute approximate surface area is 123 Å². The highest BCUT2D eigenvalue weighted by atomic mass is 19.1. The Balaban J connectivity index is 1.70. The monoisotopic (exact) mass is 286 g/mol. The number of nitrogen functional groups attached to an aromatic ring is 1. The van der Waals surface area contributed by atoms with Crippen LogP contribution in [-0.2, 0) is 6.42 Å². The van der Waals surface area contributed by atoms with Crippen molar-refractivity contribution in [1.82, 2.24) is 0 Å². The number of hydrogen-bond donors (Lipinski definition) is 2. The summed E-state index contributed by atoms with van der Waals surface area (Å²) in [6.07, 6.45) is 1.07. The van der Waals surface area contributed by atoms with Crippen LogP contribution in [-0.4, -0.2) is 13.2 Å². The molecule has 1 aliphatic rings. The number of hydrogen-bond acceptors (Lipinski definition) is 3. The first-order chi connectivity index (χ1) is 10.2. The zero-order valence-electron chi connectivity index (χ0n) is 12.0. The van der Waals surface area contributed by atoms with E-state index in [1.807, 2.05) is 6.92 Å². The van der Waals surface area contributed by atoms with Gasteiger partial charge in [0.05, 0.1) is 18.0 Å². The van der Waals surface area contributed by atoms with Crippen LogP contribution in [0.15, 0.2) is 36.4 Å². The molecule has 110 valence electrons. The van der Waals surface area contributed by atoms with Gasteiger partial charge in [-0.1, -0.05) is 24.3 Å². The van der Waals surface area contributed by atoms with E-state index >= 15 is 0 Å². The molecule has 0 bridgehead atoms. The van der Waals surface area contributed by atoms with Gasteiger partial charge in [-0.3, -0.25) is 0 Å². The Kier molecular flexibility index (Phi) is 3.69. The zero-order valence-corrected chi connectivity index (χ0v) is 12.0. The van der Waals surface area contributed by atoms with Gasteiger partial charge in [0.15, 0.2) is 11.6 Å². The van der Waals surface area contributed by atoms with Crippen LogP contribution >= 0.6 is 0 Å². The molecule has 0 heterocycles. The molecule has 0 amide bonds. The number of fused-ring (bicyclic) bond motifs is 1. The van der Waals surface area contributed by atoms with Gasteiger partial charge < -0.3 is 15.8 Å². The Bertz CT molecular complexity index is 657. The number of nitrogens with two attached hydrogens (primary N) is 1. The van der Waals surface area contributed by atoms with Crippen LogP contribution in [0.5, 0.6) is 5.75 Å². The van der Waals surface area contributed by atoms with Gasteiger partial charge in [-0.15, -0.1) is 0 Å². The largest absolute Gasteiger partial charge is 0.491 e. The van der Waals surface area contributed by atoms with E-state index in [-0.39, 0.29) is 5.75 Å². The summed E-state index contributed by atoms with van der Waals surface area (Å²) in [4.78, 5) is 0. The molecule has 3 nitrogen and oxygen atoms in total. The predicted molar refractivity (Wildman–Crippen MR) is 83.4 cm³/mol. The number of nitrogens with one attached hydrogen (secondary N) is 1. The molecule has 4 heteroatoms. The van der Waals surface area contributed by atoms with Crippen molar-refractivity contribution < 1.29 is 9.13 Å². The molecule has 3 rings (SSSR count). The van der Waals surface area contributed by atoms with E-state index in [1.165, 1.54) is 17.2 Å². The molecule has 0 aromatic heterocycles. The summed E-state index contributed by atoms with van der Waals surface area (Å²) in [5.41, 5.74) is 9.79. The second-order valence-corrected chi connectivity index (χ2v) is 5.28. The van der Waals surface area contributed by atoms with E-state index in [0.717, 1.165) is 18.7 Å². The van der Waals surface area contributed by atoms with Crippen LogP contribution in [0.25, 0.3) is 0 Å². The molecule has 0 aliphatic heterocycles. The lowest BCUT2D eigenvalue weighted by Crippen LogP contribution is -2.24. The van der Waals surface area contributed by atoms with Crippen LogP contribution in [0.1, 0.15) is 24.0 Å². The van der Waals surface area contributed by atoms with Crippen LogP contribution in [0.2, 0.25) is 0 Å². The summed E-state index contributed by atoms with van der Waals surface area (Å²) in [6.45, 7) is 3.04. The molecular formula is C17H19FN2O. The lowest BCUT2D eigenvalue weighted by Gasteiger charge is -2.30. The third kappa shape index (κ3) is 2.66. The number of anilines is 2. The minimum atomic E-state index is -0.422. The summed E-state index contributed by atoms with van der Waals surface area (Å²) in [6, 6.07) is 11.4. The molecule has 1 aliphatic carbocycles. The molecule has 0 radical (unpaired) electrons. The van der Waals surface area contributed by atoms with Crippen molar-refractivity contribution in [3.63, 3.8) is 0 Å². The number of benzene rings is 2. The lowest BCUT2D eigenvalue weighted by atomic mass is 9.77. The van der Waals surface area contributed by atoms with Crippen molar-refractivity contribution >= 4 is 11.4 Å². The van der Waals surface area contributed by atoms with E-state index in [0.29, 0.717) is 18.2 Å². The average molecular weight is 286 g/mol. The third-order valence-electron chi connectivity index (χ3n) is 3.90. The van der Waals surface area contributed by atoms with E-state index in [4.69, 9.17) is 10.5 Å². The molecule has 0 fully saturated rings. The van der Waals surface area contributed by atoms with Crippen molar-refractivity contribution in [3.05, 3.63) is 53.3 Å². The van der Waals surface area contributed by atoms with Crippen molar-refractivity contribution in [1.29, 1.82) is 0 Å². The molecule has 0 spiro atoms. The maximum Gasteiger partial charge on any atom is 0.167 e. The van der Waals surface area contributed by atoms with Gasteiger partial charge in [0.1, 0.15) is 0 Å². The average Bonchev–Trinajstić information content (AvgIpc) is 2.44. The van der Waals surface area contributed by atoms with Gasteiger partial charge in [-0.2, -0.15) is 0 Å². The summed E-state index contributed by atoms with van der Waals surface area (Å²) in [5, 5.41) is 3.31. The van der Waals surface area contributed by atoms with Gasteiger partial charge in [-0.25, -0.2) is 4.39 Å². The van der Waals surface area contributed by atoms with Gasteiger partial charge in [-0.05, 0) is 24.5 Å². The van der Waals surface area contributed by atoms with Crippen molar-refractivity contribution in [2.75, 3.05) is 24.2 Å². The number of halogens is 1. The van der Waals surface area contributed by atoms with Gasteiger partial charge in [0, 0.05) is 24.6 Å². The quantitative estimate of drug-likeness (QED) is 0.826. The van der Waals surface area contributed by atoms with Crippen LogP contribution in [0.3, 0.4) is 0 Å². The predicted octanol–water partition coefficient (Wildman–Crippen LogP) is 3.56. The summed E-state index contributed by atoms with van der Waals surface area (Å²) in [7, 11) is 0. The van der Waals surface area contributed by atoms with Crippen molar-refractivity contribution in [2.24, 2.45) is 0 Å². The molecule has 0 saturated heterocycles. The summed E-state index contributed by atoms with van der Waals surface area (Å²) in [5.74, 6) is 0.304. The molecule has 21 heavy (non-hydrogen) atoms. The maximum absolute atomic E-state index is 13.7. The van der Waals surface area contributed by atoms with E-state index in [9.17, 15) is 4.39 Å². The Morgan fingerprint density at radius 3 is 2.90 bits per heavy atom. The maximum atomic E-state index is 13.7. The van der Waals surface area contributed by atoms with Crippen molar-refractivity contribution in [2.45, 2.75) is 19.3 Å². The normalized spacial score (nSPS) is 16.0. The van der Waals surface area contributed by atoms with Gasteiger partial charge >= 0.3 is 0 Å². The summed E-state index contributed by atoms with van der Waals surface area (Å²) >= 11 is 0. The van der Waals surface area contributed by atoms with Crippen molar-refractivity contribution in [3.8, 4) is 5.75 Å². The number of ether oxygens (including phenoxy) is 1. The minimum absolute atomic E-state index is 0.239. The molecule has 1 atom stereocenters. The highest BCUT2D eigenvalue weighted by Gasteiger charge is 2.25. The second-order valence-electron chi connectivity index (χ2n) is 5.28. The Morgan fingerprint density at radius 2 is 2.14 bits per heavy atom. The first-order valence-corrected chi connectivity index (χ1v) is 7.22. The van der Waals surface area contributed by atoms with E-state index in [2.05, 4.69) is 29.6 Å². The first-order valence-electron chi connectivity index (χ1n) is 7.22. The smallest absolute Gasteiger partial charge is 0.167 e. The molecule has 3 N–H and O–H groups in total. The highest BCUT2D eigenvalue weighted by Crippen LogP contribution is 2.36. The molecule has 1 unspecified atom stereocenters. The Hall–Kier alpha value is -2.23. The van der Waals surface area contributed by atoms with E-state index in [1.54, 1.807) is 6.07 Å².